The number of hydrogen-bond donors (Lipinski definition) is 1. The van der Waals surface area contributed by atoms with Crippen LogP contribution in [0, 0.1) is 6.92 Å². The first-order valence-corrected chi connectivity index (χ1v) is 7.30. The van der Waals surface area contributed by atoms with E-state index < -0.39 is 0 Å². The fraction of sp³-hybridized carbons (Fsp3) is 0.188. The topological polar surface area (TPSA) is 34.1 Å². The van der Waals surface area contributed by atoms with E-state index in [0.29, 0.717) is 0 Å². The Labute approximate surface area is 122 Å². The number of hydrogen-bond acceptors (Lipinski definition) is 4. The Morgan fingerprint density at radius 3 is 2.70 bits per heavy atom. The van der Waals surface area contributed by atoms with Gasteiger partial charge in [-0.1, -0.05) is 41.2 Å². The standard InChI is InChI=1S/C16H16N2OS/c1-11-3-5-12(6-4-11)10-17-16-18-14-9-13(19-2)7-8-15(14)20-16/h3-9H,10H2,1-2H3,(H,17,18). The van der Waals surface area contributed by atoms with Gasteiger partial charge >= 0.3 is 0 Å². The number of methoxy groups -OCH3 is 1. The number of benzene rings is 2. The minimum absolute atomic E-state index is 0.789. The molecule has 4 heteroatoms. The van der Waals surface area contributed by atoms with E-state index in [1.54, 1.807) is 18.4 Å². The van der Waals surface area contributed by atoms with Crippen molar-refractivity contribution in [2.75, 3.05) is 12.4 Å². The highest BCUT2D eigenvalue weighted by Crippen LogP contribution is 2.29. The summed E-state index contributed by atoms with van der Waals surface area (Å²) in [5.74, 6) is 0.841. The second-order valence-electron chi connectivity index (χ2n) is 4.69. The number of rotatable bonds is 4. The van der Waals surface area contributed by atoms with Gasteiger partial charge in [0.25, 0.3) is 0 Å². The number of ether oxygens (including phenoxy) is 1. The first-order chi connectivity index (χ1) is 9.74. The van der Waals surface area contributed by atoms with E-state index in [2.05, 4.69) is 41.5 Å². The van der Waals surface area contributed by atoms with Crippen molar-refractivity contribution >= 4 is 26.7 Å². The van der Waals surface area contributed by atoms with Crippen molar-refractivity contribution in [3.63, 3.8) is 0 Å². The number of thiazole rings is 1. The van der Waals surface area contributed by atoms with Gasteiger partial charge in [-0.05, 0) is 24.6 Å². The lowest BCUT2D eigenvalue weighted by Gasteiger charge is -2.02. The average molecular weight is 284 g/mol. The van der Waals surface area contributed by atoms with E-state index >= 15 is 0 Å². The molecular weight excluding hydrogens is 268 g/mol. The number of fused-ring (bicyclic) bond motifs is 1. The van der Waals surface area contributed by atoms with Crippen LogP contribution in [-0.2, 0) is 6.54 Å². The van der Waals surface area contributed by atoms with Gasteiger partial charge in [-0.2, -0.15) is 0 Å². The third-order valence-corrected chi connectivity index (χ3v) is 4.15. The van der Waals surface area contributed by atoms with Crippen molar-refractivity contribution in [2.45, 2.75) is 13.5 Å². The maximum absolute atomic E-state index is 5.22. The molecule has 1 aromatic heterocycles. The van der Waals surface area contributed by atoms with Crippen molar-refractivity contribution in [3.8, 4) is 5.75 Å². The van der Waals surface area contributed by atoms with Crippen LogP contribution in [0.25, 0.3) is 10.2 Å². The Morgan fingerprint density at radius 1 is 1.15 bits per heavy atom. The second kappa shape index (κ2) is 5.51. The number of aromatic nitrogens is 1. The van der Waals surface area contributed by atoms with Gasteiger partial charge in [0, 0.05) is 12.6 Å². The van der Waals surface area contributed by atoms with Crippen molar-refractivity contribution < 1.29 is 4.74 Å². The number of anilines is 1. The molecule has 0 aliphatic carbocycles. The predicted molar refractivity (Wildman–Crippen MR) is 84.7 cm³/mol. The fourth-order valence-electron chi connectivity index (χ4n) is 1.99. The van der Waals surface area contributed by atoms with Crippen LogP contribution in [0.3, 0.4) is 0 Å². The molecule has 3 aromatic rings. The maximum atomic E-state index is 5.22. The van der Waals surface area contributed by atoms with E-state index in [4.69, 9.17) is 4.74 Å². The van der Waals surface area contributed by atoms with E-state index in [0.717, 1.165) is 27.6 Å². The average Bonchev–Trinajstić information content (AvgIpc) is 2.88. The van der Waals surface area contributed by atoms with E-state index in [9.17, 15) is 0 Å². The first-order valence-electron chi connectivity index (χ1n) is 6.48. The van der Waals surface area contributed by atoms with Crippen LogP contribution in [0.4, 0.5) is 5.13 Å². The minimum atomic E-state index is 0.789. The van der Waals surface area contributed by atoms with Crippen LogP contribution in [0.5, 0.6) is 5.75 Å². The second-order valence-corrected chi connectivity index (χ2v) is 5.72. The molecule has 2 aromatic carbocycles. The molecule has 0 aliphatic heterocycles. The first kappa shape index (κ1) is 12.9. The predicted octanol–water partition coefficient (Wildman–Crippen LogP) is 4.23. The lowest BCUT2D eigenvalue weighted by atomic mass is 10.1. The number of nitrogens with zero attached hydrogens (tertiary/aromatic N) is 1. The Bertz CT molecular complexity index is 719. The van der Waals surface area contributed by atoms with E-state index in [1.807, 2.05) is 18.2 Å². The summed E-state index contributed by atoms with van der Waals surface area (Å²) in [6.07, 6.45) is 0. The summed E-state index contributed by atoms with van der Waals surface area (Å²) in [6.45, 7) is 2.88. The SMILES string of the molecule is COc1ccc2sc(NCc3ccc(C)cc3)nc2c1. The maximum Gasteiger partial charge on any atom is 0.184 e. The Morgan fingerprint density at radius 2 is 1.95 bits per heavy atom. The Balaban J connectivity index is 1.75. The van der Waals surface area contributed by atoms with Crippen molar-refractivity contribution in [2.24, 2.45) is 0 Å². The molecule has 1 heterocycles. The van der Waals surface area contributed by atoms with Gasteiger partial charge < -0.3 is 10.1 Å². The van der Waals surface area contributed by atoms with Gasteiger partial charge in [-0.15, -0.1) is 0 Å². The molecule has 0 unspecified atom stereocenters. The molecule has 0 aliphatic rings. The zero-order chi connectivity index (χ0) is 13.9. The molecule has 0 saturated carbocycles. The quantitative estimate of drug-likeness (QED) is 0.778. The van der Waals surface area contributed by atoms with E-state index in [-0.39, 0.29) is 0 Å². The monoisotopic (exact) mass is 284 g/mol. The van der Waals surface area contributed by atoms with Gasteiger partial charge in [0.2, 0.25) is 0 Å². The molecule has 0 fully saturated rings. The summed E-state index contributed by atoms with van der Waals surface area (Å²) in [6, 6.07) is 14.5. The summed E-state index contributed by atoms with van der Waals surface area (Å²) in [4.78, 5) is 4.58. The summed E-state index contributed by atoms with van der Waals surface area (Å²) in [5, 5.41) is 4.31. The smallest absolute Gasteiger partial charge is 0.184 e. The molecule has 102 valence electrons. The van der Waals surface area contributed by atoms with Crippen molar-refractivity contribution in [3.05, 3.63) is 53.6 Å². The lowest BCUT2D eigenvalue weighted by molar-refractivity contribution is 0.415. The molecular formula is C16H16N2OS. The third kappa shape index (κ3) is 2.75. The highest BCUT2D eigenvalue weighted by molar-refractivity contribution is 7.22. The van der Waals surface area contributed by atoms with Gasteiger partial charge in [0.15, 0.2) is 5.13 Å². The Kier molecular flexibility index (Phi) is 3.56. The van der Waals surface area contributed by atoms with Crippen LogP contribution in [0.2, 0.25) is 0 Å². The summed E-state index contributed by atoms with van der Waals surface area (Å²) >= 11 is 1.66. The van der Waals surface area contributed by atoms with Crippen molar-refractivity contribution in [1.29, 1.82) is 0 Å². The lowest BCUT2D eigenvalue weighted by Crippen LogP contribution is -1.98. The highest BCUT2D eigenvalue weighted by atomic mass is 32.1. The van der Waals surface area contributed by atoms with Crippen LogP contribution >= 0.6 is 11.3 Å². The molecule has 0 spiro atoms. The van der Waals surface area contributed by atoms with E-state index in [1.165, 1.54) is 11.1 Å². The highest BCUT2D eigenvalue weighted by Gasteiger charge is 2.04. The van der Waals surface area contributed by atoms with Gasteiger partial charge in [-0.25, -0.2) is 4.98 Å². The fourth-order valence-corrected chi connectivity index (χ4v) is 2.84. The molecule has 1 N–H and O–H groups in total. The van der Waals surface area contributed by atoms with Gasteiger partial charge in [0.05, 0.1) is 17.3 Å². The third-order valence-electron chi connectivity index (χ3n) is 3.16. The molecule has 3 rings (SSSR count). The number of aryl methyl sites for hydroxylation is 1. The summed E-state index contributed by atoms with van der Waals surface area (Å²) in [5.41, 5.74) is 3.51. The van der Waals surface area contributed by atoms with Crippen LogP contribution in [0.1, 0.15) is 11.1 Å². The van der Waals surface area contributed by atoms with Crippen LogP contribution in [0.15, 0.2) is 42.5 Å². The molecule has 3 nitrogen and oxygen atoms in total. The molecule has 0 radical (unpaired) electrons. The largest absolute Gasteiger partial charge is 0.497 e. The normalized spacial score (nSPS) is 10.7. The summed E-state index contributed by atoms with van der Waals surface area (Å²) in [7, 11) is 1.67. The molecule has 0 bridgehead atoms. The van der Waals surface area contributed by atoms with Gasteiger partial charge in [0.1, 0.15) is 5.75 Å². The molecule has 0 atom stereocenters. The minimum Gasteiger partial charge on any atom is -0.497 e. The zero-order valence-corrected chi connectivity index (χ0v) is 12.3. The van der Waals surface area contributed by atoms with Crippen molar-refractivity contribution in [1.82, 2.24) is 4.98 Å². The molecule has 0 saturated heterocycles. The van der Waals surface area contributed by atoms with Crippen LogP contribution in [-0.4, -0.2) is 12.1 Å². The molecule has 20 heavy (non-hydrogen) atoms. The van der Waals surface area contributed by atoms with Gasteiger partial charge in [-0.3, -0.25) is 0 Å². The molecule has 0 amide bonds. The van der Waals surface area contributed by atoms with Crippen LogP contribution < -0.4 is 10.1 Å². The zero-order valence-electron chi connectivity index (χ0n) is 11.5. The summed E-state index contributed by atoms with van der Waals surface area (Å²) < 4.78 is 6.38. The number of nitrogens with one attached hydrogen (secondary N) is 1. The Hall–Kier alpha value is -2.07.